The Hall–Kier alpha value is -2.57. The Balaban J connectivity index is 2.06. The highest BCUT2D eigenvalue weighted by Crippen LogP contribution is 2.16. The third-order valence-corrected chi connectivity index (χ3v) is 4.63. The van der Waals surface area contributed by atoms with Crippen LogP contribution in [0.25, 0.3) is 0 Å². The number of benzene rings is 2. The normalized spacial score (nSPS) is 13.9. The Bertz CT molecular complexity index is 838. The fourth-order valence-corrected chi connectivity index (χ4v) is 3.05. The van der Waals surface area contributed by atoms with Crippen molar-refractivity contribution in [3.05, 3.63) is 65.7 Å². The molecule has 6 heteroatoms. The van der Waals surface area contributed by atoms with Crippen LogP contribution in [0.3, 0.4) is 0 Å². The van der Waals surface area contributed by atoms with E-state index in [1.54, 1.807) is 20.8 Å². The second-order valence-corrected chi connectivity index (χ2v) is 9.42. The molecule has 2 atom stereocenters. The zero-order chi connectivity index (χ0) is 24.4. The molecule has 6 nitrogen and oxygen atoms in total. The van der Waals surface area contributed by atoms with Crippen LogP contribution in [-0.2, 0) is 17.8 Å². The van der Waals surface area contributed by atoms with Gasteiger partial charge in [-0.2, -0.15) is 0 Å². The lowest BCUT2D eigenvalue weighted by Gasteiger charge is -2.27. The van der Waals surface area contributed by atoms with Gasteiger partial charge in [-0.1, -0.05) is 56.3 Å². The number of aliphatic hydroxyl groups excluding tert-OH is 1. The molecule has 2 rings (SSSR count). The number of amides is 1. The van der Waals surface area contributed by atoms with Gasteiger partial charge in [0.1, 0.15) is 18.0 Å². The lowest BCUT2D eigenvalue weighted by atomic mass is 10.0. The van der Waals surface area contributed by atoms with Crippen LogP contribution in [0.15, 0.2) is 54.6 Å². The van der Waals surface area contributed by atoms with Crippen molar-refractivity contribution in [2.45, 2.75) is 65.4 Å². The number of hydrogen-bond donors (Lipinski definition) is 3. The van der Waals surface area contributed by atoms with Gasteiger partial charge < -0.3 is 25.2 Å². The molecule has 0 saturated carbocycles. The van der Waals surface area contributed by atoms with E-state index in [4.69, 9.17) is 10.9 Å². The first-order chi connectivity index (χ1) is 15.5. The summed E-state index contributed by atoms with van der Waals surface area (Å²) in [5.41, 5.74) is 1.25. The molecular weight excluding hydrogens is 404 g/mol. The topological polar surface area (TPSA) is 79.8 Å². The van der Waals surface area contributed by atoms with Crippen LogP contribution in [0, 0.1) is 5.92 Å². The van der Waals surface area contributed by atoms with Crippen molar-refractivity contribution >= 4 is 6.09 Å². The molecule has 32 heavy (non-hydrogen) atoms. The summed E-state index contributed by atoms with van der Waals surface area (Å²) in [7, 11) is 0. The first-order valence-electron chi connectivity index (χ1n) is 11.7. The molecular formula is C26H38N2O4. The van der Waals surface area contributed by atoms with E-state index in [1.807, 2.05) is 54.6 Å². The summed E-state index contributed by atoms with van der Waals surface area (Å²) in [6.45, 7) is 10.9. The van der Waals surface area contributed by atoms with Crippen LogP contribution >= 0.6 is 0 Å². The summed E-state index contributed by atoms with van der Waals surface area (Å²) in [5.74, 6) is 1.16. The number of alkyl carbamates (subject to hydrolysis) is 1. The van der Waals surface area contributed by atoms with Gasteiger partial charge in [0.15, 0.2) is 1.41 Å². The quantitative estimate of drug-likeness (QED) is 0.482. The Labute approximate surface area is 193 Å². The van der Waals surface area contributed by atoms with Crippen molar-refractivity contribution in [1.82, 2.24) is 10.6 Å². The van der Waals surface area contributed by atoms with Crippen molar-refractivity contribution in [3.63, 3.8) is 0 Å². The average Bonchev–Trinajstić information content (AvgIpc) is 2.75. The van der Waals surface area contributed by atoms with Gasteiger partial charge in [0, 0.05) is 6.54 Å². The minimum Gasteiger partial charge on any atom is -0.489 e. The summed E-state index contributed by atoms with van der Waals surface area (Å²) in [6.07, 6.45) is -1.40. The summed E-state index contributed by atoms with van der Waals surface area (Å²) >= 11 is 0. The third-order valence-electron chi connectivity index (χ3n) is 4.63. The number of rotatable bonds is 11. The molecule has 0 radical (unpaired) electrons. The lowest BCUT2D eigenvalue weighted by molar-refractivity contribution is 0.0422. The standard InChI is InChI=1S/C26H38N2O4/c1-19(2)16-27-17-24(29)23(28-25(30)32-26(3,4)5)15-20-11-13-22(14-12-20)31-18-21-9-7-6-8-10-21/h6-14,19,23-24,27,29H,15-18H2,1-5H3,(H,28,30)/t23-,24-/m0/s1/i/hD. The van der Waals surface area contributed by atoms with Crippen LogP contribution in [0.1, 0.15) is 45.7 Å². The number of hydrogen-bond acceptors (Lipinski definition) is 5. The molecule has 0 unspecified atom stereocenters. The van der Waals surface area contributed by atoms with E-state index < -0.39 is 23.8 Å². The van der Waals surface area contributed by atoms with Crippen LogP contribution in [0.4, 0.5) is 4.79 Å². The molecule has 0 spiro atoms. The number of nitrogens with one attached hydrogen (secondary N) is 2. The predicted molar refractivity (Wildman–Crippen MR) is 128 cm³/mol. The second-order valence-electron chi connectivity index (χ2n) is 9.42. The third kappa shape index (κ3) is 10.2. The highest BCUT2D eigenvalue weighted by atomic mass is 16.6. The smallest absolute Gasteiger partial charge is 0.407 e. The fraction of sp³-hybridized carbons (Fsp3) is 0.500. The maximum atomic E-state index is 12.5. The monoisotopic (exact) mass is 443 g/mol. The molecule has 0 aliphatic carbocycles. The van der Waals surface area contributed by atoms with Crippen LogP contribution in [0.2, 0.25) is 1.41 Å². The maximum Gasteiger partial charge on any atom is 0.407 e. The minimum absolute atomic E-state index is 0.277. The predicted octanol–water partition coefficient (Wildman–Crippen LogP) is 4.31. The van der Waals surface area contributed by atoms with Crippen LogP contribution < -0.4 is 15.4 Å². The van der Waals surface area contributed by atoms with Crippen LogP contribution in [0.5, 0.6) is 5.75 Å². The zero-order valence-electron chi connectivity index (χ0n) is 20.9. The van der Waals surface area contributed by atoms with E-state index in [-0.39, 0.29) is 6.54 Å². The molecule has 0 heterocycles. The molecule has 2 aromatic carbocycles. The zero-order valence-corrected chi connectivity index (χ0v) is 19.9. The molecule has 2 aromatic rings. The van der Waals surface area contributed by atoms with Gasteiger partial charge in [-0.15, -0.1) is 0 Å². The summed E-state index contributed by atoms with van der Waals surface area (Å²) in [4.78, 5) is 12.5. The van der Waals surface area contributed by atoms with Crippen molar-refractivity contribution < 1.29 is 20.8 Å². The van der Waals surface area contributed by atoms with Gasteiger partial charge in [0.25, 0.3) is 0 Å². The largest absolute Gasteiger partial charge is 0.489 e. The molecule has 0 saturated heterocycles. The van der Waals surface area contributed by atoms with Gasteiger partial charge in [0.05, 0.1) is 12.1 Å². The van der Waals surface area contributed by atoms with E-state index in [0.717, 1.165) is 28.7 Å². The van der Waals surface area contributed by atoms with Crippen molar-refractivity contribution in [3.8, 4) is 5.75 Å². The Morgan fingerprint density at radius 3 is 2.28 bits per heavy atom. The number of carbonyl (C=O) groups excluding carboxylic acids is 1. The second kappa shape index (κ2) is 12.5. The Kier molecular flexibility index (Phi) is 9.38. The average molecular weight is 444 g/mol. The first kappa shape index (κ1) is 24.1. The van der Waals surface area contributed by atoms with E-state index in [9.17, 15) is 9.90 Å². The van der Waals surface area contributed by atoms with E-state index in [0.29, 0.717) is 18.9 Å². The number of aliphatic hydroxyl groups is 1. The number of ether oxygens (including phenoxy) is 2. The summed E-state index contributed by atoms with van der Waals surface area (Å²) in [6, 6.07) is 16.7. The summed E-state index contributed by atoms with van der Waals surface area (Å²) < 4.78 is 19.6. The first-order valence-corrected chi connectivity index (χ1v) is 11.2. The molecule has 3 N–H and O–H groups in total. The van der Waals surface area contributed by atoms with Gasteiger partial charge in [0.2, 0.25) is 0 Å². The van der Waals surface area contributed by atoms with Gasteiger partial charge in [-0.3, -0.25) is 0 Å². The molecule has 0 aromatic heterocycles. The molecule has 176 valence electrons. The van der Waals surface area contributed by atoms with Gasteiger partial charge in [-0.05, 0) is 62.9 Å². The highest BCUT2D eigenvalue weighted by molar-refractivity contribution is 5.68. The SMILES string of the molecule is [2H]N(C(=O)OC(C)(C)C)[C@@H](Cc1ccc(OCc2ccccc2)cc1)[C@@H](O)CNCC(C)C. The van der Waals surface area contributed by atoms with Crippen molar-refractivity contribution in [1.29, 1.82) is 0 Å². The van der Waals surface area contributed by atoms with Crippen molar-refractivity contribution in [2.75, 3.05) is 13.1 Å². The Morgan fingerprint density at radius 2 is 1.69 bits per heavy atom. The van der Waals surface area contributed by atoms with Crippen LogP contribution in [-0.4, -0.2) is 42.0 Å². The van der Waals surface area contributed by atoms with E-state index >= 15 is 0 Å². The summed E-state index contributed by atoms with van der Waals surface area (Å²) in [5, 5.41) is 14.8. The molecule has 0 aliphatic heterocycles. The Morgan fingerprint density at radius 1 is 1.03 bits per heavy atom. The molecule has 0 aliphatic rings. The van der Waals surface area contributed by atoms with Crippen molar-refractivity contribution in [2.24, 2.45) is 5.92 Å². The number of carbonyl (C=O) groups is 1. The van der Waals surface area contributed by atoms with Gasteiger partial charge >= 0.3 is 6.09 Å². The maximum absolute atomic E-state index is 12.5. The lowest BCUT2D eigenvalue weighted by Crippen LogP contribution is -2.50. The van der Waals surface area contributed by atoms with E-state index in [2.05, 4.69) is 19.2 Å². The minimum atomic E-state index is -0.928. The molecule has 0 bridgehead atoms. The molecule has 0 fully saturated rings. The van der Waals surface area contributed by atoms with Gasteiger partial charge in [-0.25, -0.2) is 4.79 Å². The fourth-order valence-electron chi connectivity index (χ4n) is 3.05. The molecule has 1 amide bonds. The highest BCUT2D eigenvalue weighted by Gasteiger charge is 2.25. The van der Waals surface area contributed by atoms with E-state index in [1.165, 1.54) is 0 Å².